The lowest BCUT2D eigenvalue weighted by Crippen LogP contribution is -2.35. The van der Waals surface area contributed by atoms with Crippen LogP contribution in [0.2, 0.25) is 0 Å². The van der Waals surface area contributed by atoms with E-state index in [2.05, 4.69) is 0 Å². The molecule has 1 aliphatic heterocycles. The van der Waals surface area contributed by atoms with Gasteiger partial charge in [0.2, 0.25) is 0 Å². The molecule has 104 valence electrons. The van der Waals surface area contributed by atoms with Crippen molar-refractivity contribution in [3.8, 4) is 5.75 Å². The number of carbonyl (C=O) groups excluding carboxylic acids is 1. The van der Waals surface area contributed by atoms with Gasteiger partial charge in [-0.1, -0.05) is 0 Å². The maximum absolute atomic E-state index is 12.9. The minimum Gasteiger partial charge on any atom is -0.507 e. The molecule has 0 bridgehead atoms. The third-order valence-corrected chi connectivity index (χ3v) is 3.77. The zero-order valence-electron chi connectivity index (χ0n) is 10.6. The predicted molar refractivity (Wildman–Crippen MR) is 72.1 cm³/mol. The Balaban J connectivity index is 2.13. The average Bonchev–Trinajstić information content (AvgIpc) is 2.83. The Morgan fingerprint density at radius 3 is 3.00 bits per heavy atom. The van der Waals surface area contributed by atoms with Crippen LogP contribution >= 0.6 is 11.6 Å². The summed E-state index contributed by atoms with van der Waals surface area (Å²) in [6, 6.07) is 3.67. The van der Waals surface area contributed by atoms with Crippen molar-refractivity contribution < 1.29 is 14.3 Å². The van der Waals surface area contributed by atoms with E-state index in [1.54, 1.807) is 4.90 Å². The van der Waals surface area contributed by atoms with Gasteiger partial charge in [0.25, 0.3) is 5.91 Å². The fraction of sp³-hybridized carbons (Fsp3) is 0.500. The van der Waals surface area contributed by atoms with Gasteiger partial charge >= 0.3 is 0 Å². The van der Waals surface area contributed by atoms with E-state index in [1.807, 2.05) is 0 Å². The number of carbonyl (C=O) groups is 1. The smallest absolute Gasteiger partial charge is 0.257 e. The Kier molecular flexibility index (Phi) is 4.64. The van der Waals surface area contributed by atoms with Crippen molar-refractivity contribution in [1.82, 2.24) is 4.90 Å². The molecule has 19 heavy (non-hydrogen) atoms. The fourth-order valence-electron chi connectivity index (χ4n) is 2.56. The van der Waals surface area contributed by atoms with E-state index in [1.165, 1.54) is 12.1 Å². The van der Waals surface area contributed by atoms with Crippen LogP contribution in [0, 0.1) is 5.82 Å². The number of benzene rings is 1. The molecule has 1 atom stereocenters. The lowest BCUT2D eigenvalue weighted by Gasteiger charge is -2.25. The highest BCUT2D eigenvalue weighted by atomic mass is 35.5. The summed E-state index contributed by atoms with van der Waals surface area (Å²) in [6.45, 7) is 0.683. The zero-order valence-corrected chi connectivity index (χ0v) is 11.4. The molecule has 1 aromatic rings. The first-order chi connectivity index (χ1) is 9.13. The van der Waals surface area contributed by atoms with Crippen LogP contribution in [0.1, 0.15) is 36.0 Å². The van der Waals surface area contributed by atoms with Crippen molar-refractivity contribution in [2.45, 2.75) is 31.7 Å². The predicted octanol–water partition coefficient (Wildman–Crippen LogP) is 3.15. The summed E-state index contributed by atoms with van der Waals surface area (Å²) in [5, 5.41) is 9.68. The van der Waals surface area contributed by atoms with Gasteiger partial charge in [-0.2, -0.15) is 0 Å². The van der Waals surface area contributed by atoms with E-state index < -0.39 is 5.82 Å². The fourth-order valence-corrected chi connectivity index (χ4v) is 2.71. The molecule has 1 unspecified atom stereocenters. The van der Waals surface area contributed by atoms with Crippen molar-refractivity contribution >= 4 is 17.5 Å². The maximum atomic E-state index is 12.9. The maximum Gasteiger partial charge on any atom is 0.257 e. The summed E-state index contributed by atoms with van der Waals surface area (Å²) in [7, 11) is 0. The topological polar surface area (TPSA) is 40.5 Å². The standard InChI is InChI=1S/C14H17ClFNO2/c15-7-1-3-11-4-2-8-17(11)14(19)12-6-5-10(16)9-13(12)18/h5-6,9,11,18H,1-4,7-8H2. The van der Waals surface area contributed by atoms with Crippen LogP contribution in [0.15, 0.2) is 18.2 Å². The Morgan fingerprint density at radius 1 is 1.53 bits per heavy atom. The second-order valence-corrected chi connectivity index (χ2v) is 5.17. The van der Waals surface area contributed by atoms with Gasteiger partial charge in [0, 0.05) is 24.5 Å². The Hall–Kier alpha value is -1.29. The van der Waals surface area contributed by atoms with Crippen molar-refractivity contribution in [2.24, 2.45) is 0 Å². The molecule has 1 aromatic carbocycles. The number of nitrogens with zero attached hydrogens (tertiary/aromatic N) is 1. The number of aromatic hydroxyl groups is 1. The number of rotatable bonds is 4. The number of phenolic OH excluding ortho intramolecular Hbond substituents is 1. The zero-order chi connectivity index (χ0) is 13.8. The number of hydrogen-bond acceptors (Lipinski definition) is 2. The monoisotopic (exact) mass is 285 g/mol. The van der Waals surface area contributed by atoms with Gasteiger partial charge in [0.05, 0.1) is 5.56 Å². The van der Waals surface area contributed by atoms with Crippen LogP contribution in [0.5, 0.6) is 5.75 Å². The van der Waals surface area contributed by atoms with Gasteiger partial charge in [-0.25, -0.2) is 4.39 Å². The van der Waals surface area contributed by atoms with Crippen LogP contribution in [0.4, 0.5) is 4.39 Å². The lowest BCUT2D eigenvalue weighted by atomic mass is 10.1. The van der Waals surface area contributed by atoms with E-state index >= 15 is 0 Å². The second-order valence-electron chi connectivity index (χ2n) is 4.79. The SMILES string of the molecule is O=C(c1ccc(F)cc1O)N1CCCC1CCCCl. The number of alkyl halides is 1. The van der Waals surface area contributed by atoms with E-state index in [9.17, 15) is 14.3 Å². The highest BCUT2D eigenvalue weighted by molar-refractivity contribution is 6.17. The molecule has 1 saturated heterocycles. The molecule has 1 amide bonds. The van der Waals surface area contributed by atoms with Gasteiger partial charge in [-0.3, -0.25) is 4.79 Å². The largest absolute Gasteiger partial charge is 0.507 e. The highest BCUT2D eigenvalue weighted by Gasteiger charge is 2.30. The van der Waals surface area contributed by atoms with E-state index in [0.717, 1.165) is 31.7 Å². The van der Waals surface area contributed by atoms with Crippen LogP contribution < -0.4 is 0 Å². The Labute approximate surface area is 117 Å². The van der Waals surface area contributed by atoms with Crippen LogP contribution in [-0.4, -0.2) is 34.4 Å². The van der Waals surface area contributed by atoms with Gasteiger partial charge in [0.1, 0.15) is 11.6 Å². The first-order valence-electron chi connectivity index (χ1n) is 6.49. The van der Waals surface area contributed by atoms with Gasteiger partial charge in [-0.15, -0.1) is 11.6 Å². The van der Waals surface area contributed by atoms with Gasteiger partial charge in [0.15, 0.2) is 0 Å². The summed E-state index contributed by atoms with van der Waals surface area (Å²) in [5.41, 5.74) is 0.166. The molecule has 0 aliphatic carbocycles. The van der Waals surface area contributed by atoms with Gasteiger partial charge in [-0.05, 0) is 37.8 Å². The molecule has 1 aliphatic rings. The minimum atomic E-state index is -0.547. The van der Waals surface area contributed by atoms with Crippen molar-refractivity contribution in [3.63, 3.8) is 0 Å². The number of hydrogen-bond donors (Lipinski definition) is 1. The van der Waals surface area contributed by atoms with Crippen LogP contribution in [0.3, 0.4) is 0 Å². The average molecular weight is 286 g/mol. The molecule has 0 aromatic heterocycles. The molecule has 0 spiro atoms. The quantitative estimate of drug-likeness (QED) is 0.863. The number of amides is 1. The van der Waals surface area contributed by atoms with Crippen molar-refractivity contribution in [3.05, 3.63) is 29.6 Å². The summed E-state index contributed by atoms with van der Waals surface area (Å²) in [4.78, 5) is 14.1. The van der Waals surface area contributed by atoms with Crippen LogP contribution in [-0.2, 0) is 0 Å². The molecule has 0 radical (unpaired) electrons. The Morgan fingerprint density at radius 2 is 2.32 bits per heavy atom. The molecular formula is C14H17ClFNO2. The molecule has 1 fully saturated rings. The summed E-state index contributed by atoms with van der Waals surface area (Å²) >= 11 is 5.68. The lowest BCUT2D eigenvalue weighted by molar-refractivity contribution is 0.0727. The third kappa shape index (κ3) is 3.18. The summed E-state index contributed by atoms with van der Waals surface area (Å²) < 4.78 is 12.9. The normalized spacial score (nSPS) is 18.8. The molecule has 1 N–H and O–H groups in total. The second kappa shape index (κ2) is 6.24. The number of likely N-dealkylation sites (tertiary alicyclic amines) is 1. The molecule has 1 heterocycles. The van der Waals surface area contributed by atoms with E-state index in [0.29, 0.717) is 12.4 Å². The number of halogens is 2. The Bertz CT molecular complexity index is 467. The first-order valence-corrected chi connectivity index (χ1v) is 7.02. The number of phenols is 1. The first kappa shape index (κ1) is 14.1. The molecular weight excluding hydrogens is 269 g/mol. The molecule has 2 rings (SSSR count). The third-order valence-electron chi connectivity index (χ3n) is 3.50. The summed E-state index contributed by atoms with van der Waals surface area (Å²) in [6.07, 6.45) is 3.66. The molecule has 3 nitrogen and oxygen atoms in total. The molecule has 5 heteroatoms. The van der Waals surface area contributed by atoms with Crippen LogP contribution in [0.25, 0.3) is 0 Å². The van der Waals surface area contributed by atoms with E-state index in [-0.39, 0.29) is 23.3 Å². The van der Waals surface area contributed by atoms with E-state index in [4.69, 9.17) is 11.6 Å². The van der Waals surface area contributed by atoms with Crippen molar-refractivity contribution in [2.75, 3.05) is 12.4 Å². The molecule has 0 saturated carbocycles. The highest BCUT2D eigenvalue weighted by Crippen LogP contribution is 2.27. The summed E-state index contributed by atoms with van der Waals surface area (Å²) in [5.74, 6) is -0.489. The van der Waals surface area contributed by atoms with Crippen molar-refractivity contribution in [1.29, 1.82) is 0 Å². The minimum absolute atomic E-state index is 0.166. The van der Waals surface area contributed by atoms with Gasteiger partial charge < -0.3 is 10.0 Å².